The number of para-hydroxylation sites is 1. The number of hydrogen-bond acceptors (Lipinski definition) is 3. The van der Waals surface area contributed by atoms with Crippen LogP contribution in [-0.2, 0) is 0 Å². The molecule has 1 aromatic carbocycles. The van der Waals surface area contributed by atoms with Gasteiger partial charge in [-0.15, -0.1) is 0 Å². The summed E-state index contributed by atoms with van der Waals surface area (Å²) in [4.78, 5) is 17.1. The van der Waals surface area contributed by atoms with Crippen LogP contribution in [-0.4, -0.2) is 45.9 Å². The highest BCUT2D eigenvalue weighted by molar-refractivity contribution is 5.89. The Morgan fingerprint density at radius 3 is 2.58 bits per heavy atom. The number of anilines is 2. The standard InChI is InChI=1S/C18H21N5O/c24-18(20-17-8-9-19-23(17)14-6-7-14)22-12-15-10-16(22)11-21(15)13-4-2-1-3-5-13/h1-5,8-9,14-16H,6-7,10-12H2,(H,20,24)/t15-,16-/m0/s1. The van der Waals surface area contributed by atoms with Gasteiger partial charge in [-0.1, -0.05) is 18.2 Å². The number of hydrogen-bond donors (Lipinski definition) is 1. The van der Waals surface area contributed by atoms with Crippen LogP contribution in [0.3, 0.4) is 0 Å². The summed E-state index contributed by atoms with van der Waals surface area (Å²) in [6.45, 7) is 1.72. The summed E-state index contributed by atoms with van der Waals surface area (Å²) in [7, 11) is 0. The van der Waals surface area contributed by atoms with Crippen molar-refractivity contribution in [2.24, 2.45) is 0 Å². The molecule has 6 nitrogen and oxygen atoms in total. The lowest BCUT2D eigenvalue weighted by Crippen LogP contribution is -2.50. The fourth-order valence-corrected chi connectivity index (χ4v) is 4.06. The Labute approximate surface area is 141 Å². The fourth-order valence-electron chi connectivity index (χ4n) is 4.06. The van der Waals surface area contributed by atoms with Gasteiger partial charge in [-0.2, -0.15) is 5.10 Å². The highest BCUT2D eigenvalue weighted by atomic mass is 16.2. The molecule has 3 fully saturated rings. The third-order valence-electron chi connectivity index (χ3n) is 5.39. The average molecular weight is 323 g/mol. The van der Waals surface area contributed by atoms with E-state index >= 15 is 0 Å². The summed E-state index contributed by atoms with van der Waals surface area (Å²) in [5.74, 6) is 0.824. The second-order valence-corrected chi connectivity index (χ2v) is 7.01. The maximum atomic E-state index is 12.7. The number of amides is 2. The van der Waals surface area contributed by atoms with Crippen molar-refractivity contribution in [2.75, 3.05) is 23.3 Å². The zero-order chi connectivity index (χ0) is 16.1. The zero-order valence-corrected chi connectivity index (χ0v) is 13.5. The van der Waals surface area contributed by atoms with E-state index in [1.165, 1.54) is 5.69 Å². The molecule has 124 valence electrons. The molecule has 5 rings (SSSR count). The summed E-state index contributed by atoms with van der Waals surface area (Å²) < 4.78 is 1.95. The van der Waals surface area contributed by atoms with Gasteiger partial charge in [0.15, 0.2) is 0 Å². The lowest BCUT2D eigenvalue weighted by atomic mass is 10.2. The molecule has 1 aliphatic carbocycles. The van der Waals surface area contributed by atoms with Crippen molar-refractivity contribution >= 4 is 17.5 Å². The molecular weight excluding hydrogens is 302 g/mol. The number of benzene rings is 1. The van der Waals surface area contributed by atoms with Crippen LogP contribution in [0.25, 0.3) is 0 Å². The van der Waals surface area contributed by atoms with Gasteiger partial charge in [0.1, 0.15) is 5.82 Å². The number of fused-ring (bicyclic) bond motifs is 2. The maximum absolute atomic E-state index is 12.7. The second-order valence-electron chi connectivity index (χ2n) is 7.01. The van der Waals surface area contributed by atoms with Gasteiger partial charge in [0.25, 0.3) is 0 Å². The van der Waals surface area contributed by atoms with E-state index in [2.05, 4.69) is 39.6 Å². The number of nitrogens with one attached hydrogen (secondary N) is 1. The van der Waals surface area contributed by atoms with Crippen LogP contribution in [0.2, 0.25) is 0 Å². The molecule has 0 radical (unpaired) electrons. The van der Waals surface area contributed by atoms with Gasteiger partial charge < -0.3 is 9.80 Å². The normalized spacial score (nSPS) is 25.3. The largest absolute Gasteiger partial charge is 0.365 e. The third-order valence-corrected chi connectivity index (χ3v) is 5.39. The molecule has 2 aromatic rings. The maximum Gasteiger partial charge on any atom is 0.323 e. The minimum absolute atomic E-state index is 0.0117. The van der Waals surface area contributed by atoms with E-state index in [1.807, 2.05) is 21.7 Å². The number of piperazine rings is 1. The Morgan fingerprint density at radius 1 is 1.04 bits per heavy atom. The van der Waals surface area contributed by atoms with Gasteiger partial charge >= 0.3 is 6.03 Å². The topological polar surface area (TPSA) is 53.4 Å². The number of carbonyl (C=O) groups excluding carboxylic acids is 1. The lowest BCUT2D eigenvalue weighted by molar-refractivity contribution is 0.202. The highest BCUT2D eigenvalue weighted by Gasteiger charge is 2.45. The van der Waals surface area contributed by atoms with Crippen molar-refractivity contribution in [3.63, 3.8) is 0 Å². The van der Waals surface area contributed by atoms with Crippen LogP contribution < -0.4 is 10.2 Å². The molecule has 3 aliphatic rings. The first kappa shape index (κ1) is 13.9. The summed E-state index contributed by atoms with van der Waals surface area (Å²) in [5.41, 5.74) is 1.26. The molecule has 1 N–H and O–H groups in total. The average Bonchev–Trinajstić information content (AvgIpc) is 3.04. The van der Waals surface area contributed by atoms with Crippen LogP contribution in [0.5, 0.6) is 0 Å². The van der Waals surface area contributed by atoms with E-state index in [-0.39, 0.29) is 6.03 Å². The van der Waals surface area contributed by atoms with Crippen molar-refractivity contribution in [1.82, 2.24) is 14.7 Å². The predicted octanol–water partition coefficient (Wildman–Crippen LogP) is 2.71. The van der Waals surface area contributed by atoms with E-state index < -0.39 is 0 Å². The molecule has 2 aliphatic heterocycles. The lowest BCUT2D eigenvalue weighted by Gasteiger charge is -2.35. The Kier molecular flexibility index (Phi) is 3.04. The van der Waals surface area contributed by atoms with Crippen LogP contribution in [0.15, 0.2) is 42.6 Å². The van der Waals surface area contributed by atoms with Gasteiger partial charge in [-0.05, 0) is 31.4 Å². The first-order valence-corrected chi connectivity index (χ1v) is 8.72. The Bertz CT molecular complexity index is 754. The molecule has 6 heteroatoms. The summed E-state index contributed by atoms with van der Waals surface area (Å²) >= 11 is 0. The predicted molar refractivity (Wildman–Crippen MR) is 92.2 cm³/mol. The molecule has 1 saturated carbocycles. The van der Waals surface area contributed by atoms with E-state index in [1.54, 1.807) is 6.20 Å². The van der Waals surface area contributed by atoms with E-state index in [9.17, 15) is 4.79 Å². The van der Waals surface area contributed by atoms with Crippen molar-refractivity contribution in [3.8, 4) is 0 Å². The number of rotatable bonds is 3. The monoisotopic (exact) mass is 323 g/mol. The first-order chi connectivity index (χ1) is 11.8. The zero-order valence-electron chi connectivity index (χ0n) is 13.5. The number of urea groups is 1. The van der Waals surface area contributed by atoms with Gasteiger partial charge in [-0.3, -0.25) is 5.32 Å². The minimum atomic E-state index is 0.0117. The SMILES string of the molecule is O=C(Nc1ccnn1C1CC1)N1C[C@@H]2C[C@H]1CN2c1ccccc1. The molecule has 2 atom stereocenters. The second kappa shape index (κ2) is 5.26. The molecule has 2 amide bonds. The van der Waals surface area contributed by atoms with Gasteiger partial charge in [0, 0.05) is 30.9 Å². The van der Waals surface area contributed by atoms with Crippen LogP contribution in [0, 0.1) is 0 Å². The van der Waals surface area contributed by atoms with Crippen LogP contribution in [0.1, 0.15) is 25.3 Å². The van der Waals surface area contributed by atoms with Gasteiger partial charge in [0.05, 0.1) is 18.3 Å². The number of carbonyl (C=O) groups is 1. The van der Waals surface area contributed by atoms with Crippen LogP contribution >= 0.6 is 0 Å². The Balaban J connectivity index is 1.27. The van der Waals surface area contributed by atoms with Gasteiger partial charge in [-0.25, -0.2) is 9.48 Å². The number of aromatic nitrogens is 2. The third kappa shape index (κ3) is 2.25. The summed E-state index contributed by atoms with van der Waals surface area (Å²) in [5, 5.41) is 7.39. The van der Waals surface area contributed by atoms with E-state index in [0.29, 0.717) is 18.1 Å². The molecule has 2 bridgehead atoms. The molecule has 24 heavy (non-hydrogen) atoms. The first-order valence-electron chi connectivity index (χ1n) is 8.72. The molecule has 2 saturated heterocycles. The molecule has 3 heterocycles. The quantitative estimate of drug-likeness (QED) is 0.945. The summed E-state index contributed by atoms with van der Waals surface area (Å²) in [6, 6.07) is 13.6. The Hall–Kier alpha value is -2.50. The fraction of sp³-hybridized carbons (Fsp3) is 0.444. The van der Waals surface area contributed by atoms with E-state index in [4.69, 9.17) is 0 Å². The van der Waals surface area contributed by atoms with E-state index in [0.717, 1.165) is 38.2 Å². The van der Waals surface area contributed by atoms with Crippen molar-refractivity contribution in [1.29, 1.82) is 0 Å². The number of likely N-dealkylation sites (tertiary alicyclic amines) is 1. The Morgan fingerprint density at radius 2 is 1.88 bits per heavy atom. The van der Waals surface area contributed by atoms with Crippen molar-refractivity contribution in [3.05, 3.63) is 42.6 Å². The smallest absolute Gasteiger partial charge is 0.323 e. The molecule has 0 spiro atoms. The molecule has 1 aromatic heterocycles. The molecular formula is C18H21N5O. The number of nitrogens with zero attached hydrogens (tertiary/aromatic N) is 4. The highest BCUT2D eigenvalue weighted by Crippen LogP contribution is 2.37. The molecule has 0 unspecified atom stereocenters. The van der Waals surface area contributed by atoms with Crippen molar-refractivity contribution in [2.45, 2.75) is 37.4 Å². The minimum Gasteiger partial charge on any atom is -0.365 e. The van der Waals surface area contributed by atoms with Gasteiger partial charge in [0.2, 0.25) is 0 Å². The van der Waals surface area contributed by atoms with Crippen molar-refractivity contribution < 1.29 is 4.79 Å². The summed E-state index contributed by atoms with van der Waals surface area (Å²) in [6.07, 6.45) is 5.14. The van der Waals surface area contributed by atoms with Crippen LogP contribution in [0.4, 0.5) is 16.3 Å².